The molecule has 1 heterocycles. The van der Waals surface area contributed by atoms with Crippen LogP contribution in [-0.4, -0.2) is 14.0 Å². The van der Waals surface area contributed by atoms with Crippen molar-refractivity contribution in [3.05, 3.63) is 41.5 Å². The molecule has 1 atom stereocenters. The van der Waals surface area contributed by atoms with Crippen LogP contribution in [0.3, 0.4) is 0 Å². The Morgan fingerprint density at radius 2 is 2.17 bits per heavy atom. The Kier molecular flexibility index (Phi) is 3.47. The smallest absolute Gasteiger partial charge is 0.141 e. The molecule has 0 spiro atoms. The SMILES string of the molecule is Cc1cc(CS(=O)c2ccc(N)cc2F)n(C)n1. The molecule has 0 bridgehead atoms. The monoisotopic (exact) mass is 267 g/mol. The molecule has 96 valence electrons. The Morgan fingerprint density at radius 1 is 1.44 bits per heavy atom. The van der Waals surface area contributed by atoms with Crippen LogP contribution in [-0.2, 0) is 23.6 Å². The Balaban J connectivity index is 2.24. The van der Waals surface area contributed by atoms with Crippen molar-refractivity contribution in [1.82, 2.24) is 9.78 Å². The molecule has 18 heavy (non-hydrogen) atoms. The fraction of sp³-hybridized carbons (Fsp3) is 0.250. The number of aryl methyl sites for hydroxylation is 2. The molecule has 0 fully saturated rings. The first kappa shape index (κ1) is 12.8. The fourth-order valence-corrected chi connectivity index (χ4v) is 2.90. The lowest BCUT2D eigenvalue weighted by molar-refractivity contribution is 0.595. The number of halogens is 1. The third-order valence-electron chi connectivity index (χ3n) is 2.58. The number of nitrogens with two attached hydrogens (primary N) is 1. The molecule has 0 saturated heterocycles. The minimum Gasteiger partial charge on any atom is -0.399 e. The molecular weight excluding hydrogens is 253 g/mol. The van der Waals surface area contributed by atoms with Crippen molar-refractivity contribution in [3.8, 4) is 0 Å². The van der Waals surface area contributed by atoms with Crippen LogP contribution in [0.1, 0.15) is 11.4 Å². The fourth-order valence-electron chi connectivity index (χ4n) is 1.71. The first-order valence-corrected chi connectivity index (χ1v) is 6.72. The van der Waals surface area contributed by atoms with Gasteiger partial charge < -0.3 is 5.73 Å². The zero-order valence-corrected chi connectivity index (χ0v) is 11.0. The van der Waals surface area contributed by atoms with Gasteiger partial charge in [-0.3, -0.25) is 8.89 Å². The number of anilines is 1. The molecule has 0 aliphatic rings. The van der Waals surface area contributed by atoms with Crippen molar-refractivity contribution < 1.29 is 8.60 Å². The maximum absolute atomic E-state index is 13.6. The Bertz CT molecular complexity index is 609. The normalized spacial score (nSPS) is 12.6. The first-order chi connectivity index (χ1) is 8.47. The van der Waals surface area contributed by atoms with Gasteiger partial charge in [-0.2, -0.15) is 5.10 Å². The summed E-state index contributed by atoms with van der Waals surface area (Å²) in [5.41, 5.74) is 7.44. The lowest BCUT2D eigenvalue weighted by atomic mass is 10.3. The summed E-state index contributed by atoms with van der Waals surface area (Å²) in [6.07, 6.45) is 0. The molecule has 0 aliphatic carbocycles. The number of benzene rings is 1. The summed E-state index contributed by atoms with van der Waals surface area (Å²) in [4.78, 5) is 0.169. The highest BCUT2D eigenvalue weighted by atomic mass is 32.2. The van der Waals surface area contributed by atoms with Crippen molar-refractivity contribution in [2.24, 2.45) is 7.05 Å². The highest BCUT2D eigenvalue weighted by Crippen LogP contribution is 2.18. The summed E-state index contributed by atoms with van der Waals surface area (Å²) in [5.74, 6) is -0.301. The average molecular weight is 267 g/mol. The second-order valence-corrected chi connectivity index (χ2v) is 5.50. The molecule has 0 amide bonds. The van der Waals surface area contributed by atoms with Crippen LogP contribution in [0.5, 0.6) is 0 Å². The van der Waals surface area contributed by atoms with Crippen molar-refractivity contribution in [3.63, 3.8) is 0 Å². The quantitative estimate of drug-likeness (QED) is 0.862. The van der Waals surface area contributed by atoms with Crippen LogP contribution in [0.2, 0.25) is 0 Å². The van der Waals surface area contributed by atoms with Crippen molar-refractivity contribution in [2.45, 2.75) is 17.6 Å². The van der Waals surface area contributed by atoms with E-state index in [1.807, 2.05) is 13.0 Å². The van der Waals surface area contributed by atoms with Gasteiger partial charge in [-0.25, -0.2) is 4.39 Å². The van der Waals surface area contributed by atoms with Gasteiger partial charge >= 0.3 is 0 Å². The molecule has 4 nitrogen and oxygen atoms in total. The Labute approximate surface area is 107 Å². The summed E-state index contributed by atoms with van der Waals surface area (Å²) in [7, 11) is 0.334. The molecule has 0 radical (unpaired) electrons. The van der Waals surface area contributed by atoms with Crippen molar-refractivity contribution >= 4 is 16.5 Å². The summed E-state index contributed by atoms with van der Waals surface area (Å²) >= 11 is 0. The van der Waals surface area contributed by atoms with Crippen LogP contribution in [0.15, 0.2) is 29.2 Å². The predicted octanol–water partition coefficient (Wildman–Crippen LogP) is 1.76. The molecule has 2 N–H and O–H groups in total. The van der Waals surface area contributed by atoms with E-state index in [9.17, 15) is 8.60 Å². The number of nitrogens with zero attached hydrogens (tertiary/aromatic N) is 2. The molecule has 6 heteroatoms. The van der Waals surface area contributed by atoms with Crippen LogP contribution in [0.25, 0.3) is 0 Å². The number of hydrogen-bond acceptors (Lipinski definition) is 3. The second kappa shape index (κ2) is 4.89. The predicted molar refractivity (Wildman–Crippen MR) is 68.9 cm³/mol. The maximum Gasteiger partial charge on any atom is 0.141 e. The van der Waals surface area contributed by atoms with E-state index < -0.39 is 16.6 Å². The van der Waals surface area contributed by atoms with Gasteiger partial charge in [0.2, 0.25) is 0 Å². The summed E-state index contributed by atoms with van der Waals surface area (Å²) in [6.45, 7) is 1.86. The Morgan fingerprint density at radius 3 is 2.72 bits per heavy atom. The summed E-state index contributed by atoms with van der Waals surface area (Å²) in [6, 6.07) is 6.03. The van der Waals surface area contributed by atoms with E-state index in [4.69, 9.17) is 5.73 Å². The van der Waals surface area contributed by atoms with Gasteiger partial charge in [0, 0.05) is 12.7 Å². The zero-order chi connectivity index (χ0) is 13.3. The van der Waals surface area contributed by atoms with Gasteiger partial charge in [-0.1, -0.05) is 0 Å². The number of aromatic nitrogens is 2. The molecule has 2 rings (SSSR count). The molecule has 1 aromatic carbocycles. The molecule has 0 aliphatic heterocycles. The van der Waals surface area contributed by atoms with Gasteiger partial charge in [0.1, 0.15) is 5.82 Å². The van der Waals surface area contributed by atoms with Crippen molar-refractivity contribution in [2.75, 3.05) is 5.73 Å². The second-order valence-electron chi connectivity index (χ2n) is 4.08. The molecule has 1 aromatic heterocycles. The summed E-state index contributed by atoms with van der Waals surface area (Å²) in [5, 5.41) is 4.16. The van der Waals surface area contributed by atoms with Crippen LogP contribution in [0.4, 0.5) is 10.1 Å². The Hall–Kier alpha value is -1.69. The minimum atomic E-state index is -1.44. The van der Waals surface area contributed by atoms with E-state index in [-0.39, 0.29) is 10.6 Å². The minimum absolute atomic E-state index is 0.169. The van der Waals surface area contributed by atoms with Gasteiger partial charge in [0.15, 0.2) is 0 Å². The lowest BCUT2D eigenvalue weighted by Crippen LogP contribution is -2.05. The third-order valence-corrected chi connectivity index (χ3v) is 3.96. The number of nitrogen functional groups attached to an aromatic ring is 1. The van der Waals surface area contributed by atoms with E-state index in [1.165, 1.54) is 12.1 Å². The molecule has 2 aromatic rings. The van der Waals surface area contributed by atoms with Gasteiger partial charge in [0.25, 0.3) is 0 Å². The average Bonchev–Trinajstić information content (AvgIpc) is 2.57. The third kappa shape index (κ3) is 2.59. The maximum atomic E-state index is 13.6. The highest BCUT2D eigenvalue weighted by molar-refractivity contribution is 7.84. The van der Waals surface area contributed by atoms with E-state index in [2.05, 4.69) is 5.10 Å². The zero-order valence-electron chi connectivity index (χ0n) is 10.2. The first-order valence-electron chi connectivity index (χ1n) is 5.40. The van der Waals surface area contributed by atoms with E-state index in [0.29, 0.717) is 5.69 Å². The summed E-state index contributed by atoms with van der Waals surface area (Å²) < 4.78 is 27.4. The van der Waals surface area contributed by atoms with Gasteiger partial charge in [-0.05, 0) is 31.2 Å². The molecule has 1 unspecified atom stereocenters. The van der Waals surface area contributed by atoms with E-state index in [0.717, 1.165) is 11.4 Å². The van der Waals surface area contributed by atoms with Gasteiger partial charge in [-0.15, -0.1) is 0 Å². The standard InChI is InChI=1S/C12H14FN3OS/c1-8-5-10(16(2)15-8)7-18(17)12-4-3-9(14)6-11(12)13/h3-6H,7,14H2,1-2H3. The van der Waals surface area contributed by atoms with Crippen molar-refractivity contribution in [1.29, 1.82) is 0 Å². The molecular formula is C12H14FN3OS. The van der Waals surface area contributed by atoms with Crippen LogP contribution >= 0.6 is 0 Å². The highest BCUT2D eigenvalue weighted by Gasteiger charge is 2.13. The van der Waals surface area contributed by atoms with E-state index in [1.54, 1.807) is 17.8 Å². The lowest BCUT2D eigenvalue weighted by Gasteiger charge is -2.05. The largest absolute Gasteiger partial charge is 0.399 e. The number of rotatable bonds is 3. The van der Waals surface area contributed by atoms with E-state index >= 15 is 0 Å². The topological polar surface area (TPSA) is 60.9 Å². The van der Waals surface area contributed by atoms with Crippen LogP contribution < -0.4 is 5.73 Å². The number of hydrogen-bond donors (Lipinski definition) is 1. The van der Waals surface area contributed by atoms with Gasteiger partial charge in [0.05, 0.1) is 32.8 Å². The van der Waals surface area contributed by atoms with Crippen LogP contribution in [0, 0.1) is 12.7 Å². The molecule has 0 saturated carbocycles.